The molecule has 17 heavy (non-hydrogen) atoms. The van der Waals surface area contributed by atoms with Crippen LogP contribution in [0.3, 0.4) is 0 Å². The molecule has 0 rings (SSSR count). The van der Waals surface area contributed by atoms with Gasteiger partial charge in [-0.15, -0.1) is 0 Å². The van der Waals surface area contributed by atoms with Gasteiger partial charge in [0, 0.05) is 13.1 Å². The Morgan fingerprint density at radius 3 is 2.47 bits per heavy atom. The van der Waals surface area contributed by atoms with Crippen molar-refractivity contribution in [3.63, 3.8) is 0 Å². The standard InChI is InChI=1S/C10H22N2O4S/c1-3-6-11-7-8-12-17(14,15)9-5-10(13)16-4-2/h11-12H,3-9H2,1-2H3. The minimum absolute atomic E-state index is 0.106. The summed E-state index contributed by atoms with van der Waals surface area (Å²) in [5.74, 6) is -0.707. The topological polar surface area (TPSA) is 84.5 Å². The molecular formula is C10H22N2O4S. The van der Waals surface area contributed by atoms with Crippen molar-refractivity contribution in [1.82, 2.24) is 10.0 Å². The fourth-order valence-corrected chi connectivity index (χ4v) is 2.11. The van der Waals surface area contributed by atoms with Crippen LogP contribution in [-0.4, -0.2) is 46.4 Å². The van der Waals surface area contributed by atoms with E-state index in [-0.39, 0.29) is 18.8 Å². The van der Waals surface area contributed by atoms with Gasteiger partial charge in [-0.1, -0.05) is 6.92 Å². The number of hydrogen-bond acceptors (Lipinski definition) is 5. The molecule has 0 spiro atoms. The van der Waals surface area contributed by atoms with Crippen LogP contribution in [0.15, 0.2) is 0 Å². The van der Waals surface area contributed by atoms with Gasteiger partial charge in [-0.2, -0.15) is 0 Å². The molecule has 2 N–H and O–H groups in total. The van der Waals surface area contributed by atoms with Crippen LogP contribution in [0.1, 0.15) is 26.7 Å². The minimum atomic E-state index is -3.37. The summed E-state index contributed by atoms with van der Waals surface area (Å²) in [5.41, 5.74) is 0. The smallest absolute Gasteiger partial charge is 0.306 e. The first-order valence-electron chi connectivity index (χ1n) is 5.85. The van der Waals surface area contributed by atoms with Crippen LogP contribution in [0.25, 0.3) is 0 Å². The Labute approximate surface area is 103 Å². The van der Waals surface area contributed by atoms with Gasteiger partial charge < -0.3 is 10.1 Å². The van der Waals surface area contributed by atoms with E-state index in [4.69, 9.17) is 0 Å². The molecule has 0 bridgehead atoms. The molecule has 0 aromatic heterocycles. The van der Waals surface area contributed by atoms with Gasteiger partial charge in [0.25, 0.3) is 0 Å². The summed E-state index contributed by atoms with van der Waals surface area (Å²) < 4.78 is 29.9. The lowest BCUT2D eigenvalue weighted by atomic mass is 10.5. The quantitative estimate of drug-likeness (QED) is 0.424. The first-order valence-corrected chi connectivity index (χ1v) is 7.50. The molecule has 6 nitrogen and oxygen atoms in total. The summed E-state index contributed by atoms with van der Waals surface area (Å²) in [6.07, 6.45) is 0.904. The van der Waals surface area contributed by atoms with E-state index in [1.807, 2.05) is 6.92 Å². The molecule has 0 amide bonds. The SMILES string of the molecule is CCCNCCNS(=O)(=O)CCC(=O)OCC. The van der Waals surface area contributed by atoms with Crippen LogP contribution in [0.2, 0.25) is 0 Å². The molecular weight excluding hydrogens is 244 g/mol. The van der Waals surface area contributed by atoms with Crippen LogP contribution in [0.4, 0.5) is 0 Å². The van der Waals surface area contributed by atoms with E-state index < -0.39 is 16.0 Å². The van der Waals surface area contributed by atoms with Gasteiger partial charge in [-0.25, -0.2) is 13.1 Å². The van der Waals surface area contributed by atoms with Crippen molar-refractivity contribution in [2.75, 3.05) is 32.0 Å². The third kappa shape index (κ3) is 10.2. The number of carbonyl (C=O) groups excluding carboxylic acids is 1. The number of carbonyl (C=O) groups is 1. The second-order valence-corrected chi connectivity index (χ2v) is 5.44. The molecule has 0 radical (unpaired) electrons. The molecule has 7 heteroatoms. The lowest BCUT2D eigenvalue weighted by molar-refractivity contribution is -0.142. The van der Waals surface area contributed by atoms with E-state index in [1.54, 1.807) is 6.92 Å². The van der Waals surface area contributed by atoms with Crippen molar-refractivity contribution in [2.45, 2.75) is 26.7 Å². The molecule has 0 aliphatic carbocycles. The van der Waals surface area contributed by atoms with E-state index in [0.29, 0.717) is 13.1 Å². The molecule has 0 unspecified atom stereocenters. The van der Waals surface area contributed by atoms with Crippen LogP contribution in [0, 0.1) is 0 Å². The predicted octanol–water partition coefficient (Wildman–Crippen LogP) is -0.141. The van der Waals surface area contributed by atoms with Crippen LogP contribution >= 0.6 is 0 Å². The van der Waals surface area contributed by atoms with Crippen LogP contribution in [0.5, 0.6) is 0 Å². The molecule has 0 atom stereocenters. The molecule has 0 saturated heterocycles. The summed E-state index contributed by atoms with van der Waals surface area (Å²) >= 11 is 0. The Bertz CT molecular complexity index is 303. The van der Waals surface area contributed by atoms with Crippen molar-refractivity contribution < 1.29 is 17.9 Å². The molecule has 0 saturated carbocycles. The zero-order chi connectivity index (χ0) is 13.1. The largest absolute Gasteiger partial charge is 0.466 e. The highest BCUT2D eigenvalue weighted by atomic mass is 32.2. The van der Waals surface area contributed by atoms with E-state index in [9.17, 15) is 13.2 Å². The van der Waals surface area contributed by atoms with Gasteiger partial charge in [-0.3, -0.25) is 4.79 Å². The number of sulfonamides is 1. The highest BCUT2D eigenvalue weighted by Gasteiger charge is 2.12. The highest BCUT2D eigenvalue weighted by molar-refractivity contribution is 7.89. The number of ether oxygens (including phenoxy) is 1. The van der Waals surface area contributed by atoms with Crippen molar-refractivity contribution in [3.8, 4) is 0 Å². The maximum Gasteiger partial charge on any atom is 0.306 e. The molecule has 0 fully saturated rings. The monoisotopic (exact) mass is 266 g/mol. The van der Waals surface area contributed by atoms with E-state index >= 15 is 0 Å². The average Bonchev–Trinajstić information content (AvgIpc) is 2.27. The number of rotatable bonds is 10. The highest BCUT2D eigenvalue weighted by Crippen LogP contribution is 1.92. The van der Waals surface area contributed by atoms with Gasteiger partial charge in [0.2, 0.25) is 10.0 Å². The van der Waals surface area contributed by atoms with E-state index in [1.165, 1.54) is 0 Å². The summed E-state index contributed by atoms with van der Waals surface area (Å²) in [6.45, 7) is 5.79. The lowest BCUT2D eigenvalue weighted by Gasteiger charge is -2.07. The number of esters is 1. The second-order valence-electron chi connectivity index (χ2n) is 3.52. The molecule has 0 aliphatic rings. The zero-order valence-corrected chi connectivity index (χ0v) is 11.3. The van der Waals surface area contributed by atoms with Gasteiger partial charge in [0.05, 0.1) is 18.8 Å². The fourth-order valence-electron chi connectivity index (χ4n) is 1.12. The normalized spacial score (nSPS) is 11.4. The lowest BCUT2D eigenvalue weighted by Crippen LogP contribution is -2.34. The van der Waals surface area contributed by atoms with Gasteiger partial charge in [0.1, 0.15) is 0 Å². The Morgan fingerprint density at radius 1 is 1.18 bits per heavy atom. The zero-order valence-electron chi connectivity index (χ0n) is 10.5. The molecule has 0 aromatic carbocycles. The van der Waals surface area contributed by atoms with Crippen molar-refractivity contribution in [3.05, 3.63) is 0 Å². The fraction of sp³-hybridized carbons (Fsp3) is 0.900. The first kappa shape index (κ1) is 16.3. The van der Waals surface area contributed by atoms with E-state index in [0.717, 1.165) is 13.0 Å². The molecule has 0 heterocycles. The van der Waals surface area contributed by atoms with Gasteiger partial charge in [0.15, 0.2) is 0 Å². The Balaban J connectivity index is 3.69. The van der Waals surface area contributed by atoms with Gasteiger partial charge in [-0.05, 0) is 19.9 Å². The maximum atomic E-state index is 11.4. The second kappa shape index (κ2) is 9.38. The predicted molar refractivity (Wildman–Crippen MR) is 66.2 cm³/mol. The summed E-state index contributed by atoms with van der Waals surface area (Å²) in [6, 6.07) is 0. The van der Waals surface area contributed by atoms with E-state index in [2.05, 4.69) is 14.8 Å². The summed E-state index contributed by atoms with van der Waals surface area (Å²) in [4.78, 5) is 11.0. The Hall–Kier alpha value is -0.660. The van der Waals surface area contributed by atoms with Crippen LogP contribution < -0.4 is 10.0 Å². The number of nitrogens with one attached hydrogen (secondary N) is 2. The minimum Gasteiger partial charge on any atom is -0.466 e. The third-order valence-corrected chi connectivity index (χ3v) is 3.32. The number of hydrogen-bond donors (Lipinski definition) is 2. The van der Waals surface area contributed by atoms with Crippen molar-refractivity contribution in [1.29, 1.82) is 0 Å². The van der Waals surface area contributed by atoms with Crippen molar-refractivity contribution >= 4 is 16.0 Å². The maximum absolute atomic E-state index is 11.4. The molecule has 102 valence electrons. The van der Waals surface area contributed by atoms with Crippen LogP contribution in [-0.2, 0) is 19.6 Å². The average molecular weight is 266 g/mol. The summed E-state index contributed by atoms with van der Waals surface area (Å²) in [5, 5.41) is 3.07. The first-order chi connectivity index (χ1) is 8.02. The Morgan fingerprint density at radius 2 is 1.88 bits per heavy atom. The molecule has 0 aromatic rings. The summed E-state index contributed by atoms with van der Waals surface area (Å²) in [7, 11) is -3.37. The third-order valence-electron chi connectivity index (χ3n) is 1.93. The Kier molecular flexibility index (Phi) is 9.01. The van der Waals surface area contributed by atoms with Crippen molar-refractivity contribution in [2.24, 2.45) is 0 Å². The molecule has 0 aliphatic heterocycles. The van der Waals surface area contributed by atoms with Gasteiger partial charge >= 0.3 is 5.97 Å².